The van der Waals surface area contributed by atoms with Crippen LogP contribution in [0.3, 0.4) is 0 Å². The molecule has 15 heavy (non-hydrogen) atoms. The van der Waals surface area contributed by atoms with Gasteiger partial charge in [0.15, 0.2) is 5.52 Å². The van der Waals surface area contributed by atoms with Gasteiger partial charge in [-0.3, -0.25) is 4.79 Å². The Morgan fingerprint density at radius 1 is 1.53 bits per heavy atom. The average Bonchev–Trinajstić information content (AvgIpc) is 2.63. The second kappa shape index (κ2) is 3.47. The molecule has 0 atom stereocenters. The van der Waals surface area contributed by atoms with Crippen molar-refractivity contribution in [1.29, 1.82) is 0 Å². The fraction of sp³-hybridized carbons (Fsp3) is 0.444. The van der Waals surface area contributed by atoms with Crippen molar-refractivity contribution in [3.8, 4) is 0 Å². The summed E-state index contributed by atoms with van der Waals surface area (Å²) in [5, 5.41) is 8.53. The van der Waals surface area contributed by atoms with Gasteiger partial charge in [-0.1, -0.05) is 5.16 Å². The minimum Gasteiger partial charge on any atom is -0.360 e. The van der Waals surface area contributed by atoms with E-state index < -0.39 is 0 Å². The Bertz CT molecular complexity index is 555. The van der Waals surface area contributed by atoms with E-state index in [2.05, 4.69) is 10.3 Å². The van der Waals surface area contributed by atoms with E-state index in [1.165, 1.54) is 4.68 Å². The summed E-state index contributed by atoms with van der Waals surface area (Å²) >= 11 is 0. The second-order valence-electron chi connectivity index (χ2n) is 3.23. The molecule has 2 rings (SSSR count). The van der Waals surface area contributed by atoms with Gasteiger partial charge in [0.2, 0.25) is 0 Å². The fourth-order valence-corrected chi connectivity index (χ4v) is 1.58. The summed E-state index contributed by atoms with van der Waals surface area (Å²) in [6.07, 6.45) is 0. The van der Waals surface area contributed by atoms with E-state index in [-0.39, 0.29) is 12.1 Å². The van der Waals surface area contributed by atoms with E-state index in [4.69, 9.17) is 10.3 Å². The molecular weight excluding hydrogens is 196 g/mol. The van der Waals surface area contributed by atoms with Gasteiger partial charge in [-0.25, -0.2) is 4.68 Å². The Kier molecular flexibility index (Phi) is 2.28. The lowest BCUT2D eigenvalue weighted by molar-refractivity contribution is 0.405. The monoisotopic (exact) mass is 208 g/mol. The molecule has 0 aliphatic rings. The first kappa shape index (κ1) is 9.85. The van der Waals surface area contributed by atoms with Gasteiger partial charge in [-0.15, -0.1) is 0 Å². The van der Waals surface area contributed by atoms with Crippen molar-refractivity contribution in [2.24, 2.45) is 5.73 Å². The molecule has 0 saturated heterocycles. The predicted octanol–water partition coefficient (Wildman–Crippen LogP) is 0.172. The largest absolute Gasteiger partial charge is 0.360 e. The van der Waals surface area contributed by atoms with Crippen molar-refractivity contribution in [3.63, 3.8) is 0 Å². The van der Waals surface area contributed by atoms with Crippen molar-refractivity contribution < 1.29 is 4.52 Å². The molecule has 0 radical (unpaired) electrons. The molecular formula is C9H12N4O2. The van der Waals surface area contributed by atoms with Crippen molar-refractivity contribution in [1.82, 2.24) is 14.9 Å². The Balaban J connectivity index is 2.92. The quantitative estimate of drug-likeness (QED) is 0.760. The first-order valence-electron chi connectivity index (χ1n) is 4.75. The molecule has 2 N–H and O–H groups in total. The van der Waals surface area contributed by atoms with Crippen LogP contribution in [0.4, 0.5) is 0 Å². The maximum atomic E-state index is 11.8. The summed E-state index contributed by atoms with van der Waals surface area (Å²) in [6.45, 7) is 4.34. The lowest BCUT2D eigenvalue weighted by atomic mass is 10.2. The number of fused-ring (bicyclic) bond motifs is 1. The molecule has 0 saturated carbocycles. The molecule has 6 nitrogen and oxygen atoms in total. The zero-order chi connectivity index (χ0) is 11.0. The zero-order valence-corrected chi connectivity index (χ0v) is 8.65. The SMILES string of the molecule is CCn1nc(CN)c2c(C)onc2c1=O. The second-order valence-corrected chi connectivity index (χ2v) is 3.23. The van der Waals surface area contributed by atoms with Crippen LogP contribution < -0.4 is 11.3 Å². The summed E-state index contributed by atoms with van der Waals surface area (Å²) in [5.74, 6) is 0.582. The number of aromatic nitrogens is 3. The van der Waals surface area contributed by atoms with Crippen molar-refractivity contribution >= 4 is 10.9 Å². The number of nitrogens with two attached hydrogens (primary N) is 1. The third-order valence-corrected chi connectivity index (χ3v) is 2.32. The van der Waals surface area contributed by atoms with Gasteiger partial charge < -0.3 is 10.3 Å². The van der Waals surface area contributed by atoms with Gasteiger partial charge in [-0.2, -0.15) is 5.10 Å². The molecule has 2 aromatic rings. The van der Waals surface area contributed by atoms with Crippen LogP contribution in [0.25, 0.3) is 10.9 Å². The van der Waals surface area contributed by atoms with Gasteiger partial charge in [0.05, 0.1) is 11.1 Å². The van der Waals surface area contributed by atoms with Crippen LogP contribution in [-0.2, 0) is 13.1 Å². The number of nitrogens with zero attached hydrogens (tertiary/aromatic N) is 3. The van der Waals surface area contributed by atoms with Crippen LogP contribution in [0.2, 0.25) is 0 Å². The van der Waals surface area contributed by atoms with E-state index in [1.807, 2.05) is 6.92 Å². The van der Waals surface area contributed by atoms with Crippen LogP contribution in [0.5, 0.6) is 0 Å². The Hall–Kier alpha value is -1.69. The van der Waals surface area contributed by atoms with E-state index in [9.17, 15) is 4.79 Å². The Morgan fingerprint density at radius 2 is 2.27 bits per heavy atom. The van der Waals surface area contributed by atoms with E-state index in [1.54, 1.807) is 6.92 Å². The van der Waals surface area contributed by atoms with Gasteiger partial charge in [-0.05, 0) is 13.8 Å². The third kappa shape index (κ3) is 1.33. The van der Waals surface area contributed by atoms with Gasteiger partial charge >= 0.3 is 0 Å². The van der Waals surface area contributed by atoms with Crippen LogP contribution in [0.1, 0.15) is 18.4 Å². The molecule has 6 heteroatoms. The molecule has 0 aromatic carbocycles. The Morgan fingerprint density at radius 3 is 2.87 bits per heavy atom. The molecule has 0 bridgehead atoms. The molecule has 80 valence electrons. The molecule has 0 amide bonds. The molecule has 2 aromatic heterocycles. The van der Waals surface area contributed by atoms with E-state index >= 15 is 0 Å². The maximum Gasteiger partial charge on any atom is 0.296 e. The number of aryl methyl sites for hydroxylation is 2. The molecule has 0 fully saturated rings. The highest BCUT2D eigenvalue weighted by Crippen LogP contribution is 2.16. The minimum atomic E-state index is -0.235. The summed E-state index contributed by atoms with van der Waals surface area (Å²) in [6, 6.07) is 0. The highest BCUT2D eigenvalue weighted by atomic mass is 16.5. The smallest absolute Gasteiger partial charge is 0.296 e. The minimum absolute atomic E-state index is 0.235. The molecule has 0 aliphatic carbocycles. The predicted molar refractivity (Wildman–Crippen MR) is 54.4 cm³/mol. The fourth-order valence-electron chi connectivity index (χ4n) is 1.58. The Labute approximate surface area is 85.7 Å². The average molecular weight is 208 g/mol. The van der Waals surface area contributed by atoms with Crippen LogP contribution in [0, 0.1) is 6.92 Å². The van der Waals surface area contributed by atoms with Crippen molar-refractivity contribution in [3.05, 3.63) is 21.8 Å². The lowest BCUT2D eigenvalue weighted by Gasteiger charge is -2.03. The zero-order valence-electron chi connectivity index (χ0n) is 8.65. The topological polar surface area (TPSA) is 86.9 Å². The third-order valence-electron chi connectivity index (χ3n) is 2.32. The molecule has 0 unspecified atom stereocenters. The van der Waals surface area contributed by atoms with E-state index in [0.717, 1.165) is 0 Å². The normalized spacial score (nSPS) is 11.1. The molecule has 0 spiro atoms. The summed E-state index contributed by atoms with van der Waals surface area (Å²) < 4.78 is 6.32. The first-order chi connectivity index (χ1) is 7.19. The highest BCUT2D eigenvalue weighted by Gasteiger charge is 2.15. The van der Waals surface area contributed by atoms with Gasteiger partial charge in [0.1, 0.15) is 5.76 Å². The van der Waals surface area contributed by atoms with Crippen LogP contribution in [0.15, 0.2) is 9.32 Å². The lowest BCUT2D eigenvalue weighted by Crippen LogP contribution is -2.24. The van der Waals surface area contributed by atoms with Crippen LogP contribution in [-0.4, -0.2) is 14.9 Å². The van der Waals surface area contributed by atoms with Crippen molar-refractivity contribution in [2.45, 2.75) is 26.9 Å². The van der Waals surface area contributed by atoms with E-state index in [0.29, 0.717) is 28.9 Å². The molecule has 0 aliphatic heterocycles. The highest BCUT2D eigenvalue weighted by molar-refractivity contribution is 5.81. The van der Waals surface area contributed by atoms with Gasteiger partial charge in [0, 0.05) is 13.1 Å². The summed E-state index contributed by atoms with van der Waals surface area (Å²) in [4.78, 5) is 11.8. The maximum absolute atomic E-state index is 11.8. The standard InChI is InChI=1S/C9H12N4O2/c1-3-13-9(14)8-7(5(2)15-12-8)6(4-10)11-13/h3-4,10H2,1-2H3. The molecule has 2 heterocycles. The number of hydrogen-bond donors (Lipinski definition) is 1. The number of hydrogen-bond acceptors (Lipinski definition) is 5. The van der Waals surface area contributed by atoms with Gasteiger partial charge in [0.25, 0.3) is 5.56 Å². The first-order valence-corrected chi connectivity index (χ1v) is 4.75. The summed E-state index contributed by atoms with van der Waals surface area (Å²) in [7, 11) is 0. The summed E-state index contributed by atoms with van der Waals surface area (Å²) in [5.41, 5.74) is 6.29. The van der Waals surface area contributed by atoms with Crippen molar-refractivity contribution in [2.75, 3.05) is 0 Å². The van der Waals surface area contributed by atoms with Crippen LogP contribution >= 0.6 is 0 Å². The number of rotatable bonds is 2.